The van der Waals surface area contributed by atoms with Gasteiger partial charge in [0.05, 0.1) is 18.1 Å². The van der Waals surface area contributed by atoms with Crippen molar-refractivity contribution in [1.29, 1.82) is 0 Å². The summed E-state index contributed by atoms with van der Waals surface area (Å²) in [5, 5.41) is 4.66. The van der Waals surface area contributed by atoms with Crippen molar-refractivity contribution in [1.82, 2.24) is 4.31 Å². The predicted octanol–water partition coefficient (Wildman–Crippen LogP) is 3.90. The summed E-state index contributed by atoms with van der Waals surface area (Å²) in [6, 6.07) is 17.2. The van der Waals surface area contributed by atoms with Crippen LogP contribution in [0.25, 0.3) is 10.8 Å². The van der Waals surface area contributed by atoms with Crippen LogP contribution in [0.15, 0.2) is 65.6 Å². The second kappa shape index (κ2) is 9.28. The molecule has 4 rings (SSSR count). The Hall–Kier alpha value is -2.94. The average molecular weight is 455 g/mol. The predicted molar refractivity (Wildman–Crippen MR) is 124 cm³/mol. The fraction of sp³-hybridized carbons (Fsp3) is 0.292. The molecule has 0 unspecified atom stereocenters. The van der Waals surface area contributed by atoms with E-state index in [0.717, 1.165) is 29.4 Å². The minimum atomic E-state index is -3.66. The van der Waals surface area contributed by atoms with Gasteiger partial charge in [-0.15, -0.1) is 0 Å². The summed E-state index contributed by atoms with van der Waals surface area (Å²) in [7, 11) is -0.504. The van der Waals surface area contributed by atoms with Crippen LogP contribution in [0.3, 0.4) is 0 Å². The first kappa shape index (κ1) is 22.3. The summed E-state index contributed by atoms with van der Waals surface area (Å²) < 4.78 is 38.0. The van der Waals surface area contributed by atoms with Crippen LogP contribution in [0.2, 0.25) is 0 Å². The van der Waals surface area contributed by atoms with Crippen molar-refractivity contribution in [2.24, 2.45) is 0 Å². The van der Waals surface area contributed by atoms with Crippen LogP contribution in [-0.4, -0.2) is 52.0 Å². The molecule has 1 saturated heterocycles. The van der Waals surface area contributed by atoms with Crippen LogP contribution in [0, 0.1) is 0 Å². The molecule has 168 valence electrons. The fourth-order valence-corrected chi connectivity index (χ4v) is 5.09. The van der Waals surface area contributed by atoms with E-state index in [9.17, 15) is 13.2 Å². The topological polar surface area (TPSA) is 84.9 Å². The van der Waals surface area contributed by atoms with Gasteiger partial charge >= 0.3 is 0 Å². The van der Waals surface area contributed by atoms with E-state index in [0.29, 0.717) is 24.4 Å². The van der Waals surface area contributed by atoms with Gasteiger partial charge in [-0.25, -0.2) is 8.42 Å². The van der Waals surface area contributed by atoms with Crippen LogP contribution < -0.4 is 10.1 Å². The lowest BCUT2D eigenvalue weighted by molar-refractivity contribution is 0.0979. The van der Waals surface area contributed by atoms with Crippen molar-refractivity contribution in [2.45, 2.75) is 23.8 Å². The van der Waals surface area contributed by atoms with Gasteiger partial charge in [0.1, 0.15) is 5.75 Å². The second-order valence-corrected chi connectivity index (χ2v) is 9.80. The van der Waals surface area contributed by atoms with Crippen molar-refractivity contribution in [2.75, 3.05) is 32.6 Å². The van der Waals surface area contributed by atoms with E-state index in [4.69, 9.17) is 9.47 Å². The number of fused-ring (bicyclic) bond motifs is 1. The Morgan fingerprint density at radius 2 is 1.81 bits per heavy atom. The highest BCUT2D eigenvalue weighted by Crippen LogP contribution is 2.31. The molecular formula is C24H26N2O5S. The van der Waals surface area contributed by atoms with Gasteiger partial charge in [0.25, 0.3) is 5.91 Å². The normalized spacial score (nSPS) is 16.4. The number of carbonyl (C=O) groups is 1. The largest absolute Gasteiger partial charge is 0.496 e. The number of hydrogen-bond acceptors (Lipinski definition) is 5. The summed E-state index contributed by atoms with van der Waals surface area (Å²) in [6.07, 6.45) is 1.74. The molecule has 1 amide bonds. The number of rotatable bonds is 7. The number of ether oxygens (including phenoxy) is 2. The molecule has 0 spiro atoms. The monoisotopic (exact) mass is 454 g/mol. The van der Waals surface area contributed by atoms with E-state index < -0.39 is 10.0 Å². The number of sulfonamides is 1. The number of hydrogen-bond donors (Lipinski definition) is 1. The molecule has 8 heteroatoms. The van der Waals surface area contributed by atoms with Crippen molar-refractivity contribution in [3.8, 4) is 5.75 Å². The number of amides is 1. The van der Waals surface area contributed by atoms with E-state index in [1.165, 1.54) is 28.6 Å². The third-order valence-corrected chi connectivity index (χ3v) is 7.50. The van der Waals surface area contributed by atoms with Crippen LogP contribution in [0.4, 0.5) is 5.69 Å². The molecule has 0 aromatic heterocycles. The number of benzene rings is 3. The Labute approximate surface area is 188 Å². The maximum Gasteiger partial charge on any atom is 0.255 e. The molecule has 1 aliphatic heterocycles. The average Bonchev–Trinajstić information content (AvgIpc) is 3.32. The molecule has 1 atom stereocenters. The van der Waals surface area contributed by atoms with Crippen LogP contribution >= 0.6 is 0 Å². The first-order valence-electron chi connectivity index (χ1n) is 10.5. The van der Waals surface area contributed by atoms with E-state index in [1.54, 1.807) is 26.3 Å². The fourth-order valence-electron chi connectivity index (χ4n) is 3.88. The zero-order chi connectivity index (χ0) is 22.7. The van der Waals surface area contributed by atoms with Gasteiger partial charge in [0.15, 0.2) is 0 Å². The highest BCUT2D eigenvalue weighted by atomic mass is 32.2. The van der Waals surface area contributed by atoms with Gasteiger partial charge in [0.2, 0.25) is 10.0 Å². The van der Waals surface area contributed by atoms with E-state index >= 15 is 0 Å². The van der Waals surface area contributed by atoms with Crippen molar-refractivity contribution in [3.63, 3.8) is 0 Å². The van der Waals surface area contributed by atoms with E-state index in [2.05, 4.69) is 5.32 Å². The zero-order valence-electron chi connectivity index (χ0n) is 18.1. The molecule has 3 aromatic rings. The first-order chi connectivity index (χ1) is 15.4. The second-order valence-electron chi connectivity index (χ2n) is 7.76. The van der Waals surface area contributed by atoms with Gasteiger partial charge in [0, 0.05) is 42.2 Å². The third-order valence-electron chi connectivity index (χ3n) is 5.66. The molecule has 0 bridgehead atoms. The standard InChI is InChI=1S/C24H26N2O5S/c1-26(16-18-6-5-15-31-18)32(28,29)19-11-9-17(10-12-19)24(27)25-22-13-14-23(30-2)21-8-4-3-7-20(21)22/h3-4,7-14,18H,5-6,15-16H2,1-2H3,(H,25,27)/t18-/m0/s1. The zero-order valence-corrected chi connectivity index (χ0v) is 18.9. The minimum Gasteiger partial charge on any atom is -0.496 e. The maximum atomic E-state index is 12.9. The minimum absolute atomic E-state index is 0.0702. The number of anilines is 1. The summed E-state index contributed by atoms with van der Waals surface area (Å²) in [6.45, 7) is 0.987. The molecule has 0 radical (unpaired) electrons. The third kappa shape index (κ3) is 4.48. The van der Waals surface area contributed by atoms with Crippen LogP contribution in [0.5, 0.6) is 5.75 Å². The van der Waals surface area contributed by atoms with Crippen LogP contribution in [0.1, 0.15) is 23.2 Å². The molecule has 32 heavy (non-hydrogen) atoms. The van der Waals surface area contributed by atoms with Gasteiger partial charge in [-0.1, -0.05) is 24.3 Å². The van der Waals surface area contributed by atoms with E-state index in [1.807, 2.05) is 24.3 Å². The summed E-state index contributed by atoms with van der Waals surface area (Å²) in [5.41, 5.74) is 1.02. The number of carbonyl (C=O) groups excluding carboxylic acids is 1. The summed E-state index contributed by atoms with van der Waals surface area (Å²) in [4.78, 5) is 13.0. The molecule has 1 aliphatic rings. The van der Waals surface area contributed by atoms with Crippen molar-refractivity contribution >= 4 is 32.4 Å². The number of likely N-dealkylation sites (N-methyl/N-ethyl adjacent to an activating group) is 1. The summed E-state index contributed by atoms with van der Waals surface area (Å²) >= 11 is 0. The van der Waals surface area contributed by atoms with Gasteiger partial charge in [-0.3, -0.25) is 4.79 Å². The lowest BCUT2D eigenvalue weighted by Crippen LogP contribution is -2.34. The smallest absolute Gasteiger partial charge is 0.255 e. The molecule has 1 heterocycles. The SMILES string of the molecule is COc1ccc(NC(=O)c2ccc(S(=O)(=O)N(C)C[C@@H]3CCCO3)cc2)c2ccccc12. The highest BCUT2D eigenvalue weighted by molar-refractivity contribution is 7.89. The maximum absolute atomic E-state index is 12.9. The van der Waals surface area contributed by atoms with E-state index in [-0.39, 0.29) is 16.9 Å². The van der Waals surface area contributed by atoms with Gasteiger partial charge in [-0.05, 0) is 49.2 Å². The molecule has 1 N–H and O–H groups in total. The van der Waals surface area contributed by atoms with Crippen LogP contribution in [-0.2, 0) is 14.8 Å². The Balaban J connectivity index is 1.51. The quantitative estimate of drug-likeness (QED) is 0.585. The molecule has 0 aliphatic carbocycles. The number of nitrogens with one attached hydrogen (secondary N) is 1. The summed E-state index contributed by atoms with van der Waals surface area (Å²) in [5.74, 6) is 0.400. The Morgan fingerprint density at radius 1 is 1.09 bits per heavy atom. The highest BCUT2D eigenvalue weighted by Gasteiger charge is 2.26. The Morgan fingerprint density at radius 3 is 2.47 bits per heavy atom. The molecule has 3 aromatic carbocycles. The number of methoxy groups -OCH3 is 1. The Bertz CT molecular complexity index is 1220. The molecular weight excluding hydrogens is 428 g/mol. The van der Waals surface area contributed by atoms with Gasteiger partial charge in [-0.2, -0.15) is 4.31 Å². The Kier molecular flexibility index (Phi) is 6.45. The lowest BCUT2D eigenvalue weighted by atomic mass is 10.1. The van der Waals surface area contributed by atoms with Crippen molar-refractivity contribution in [3.05, 3.63) is 66.2 Å². The number of nitrogens with zero attached hydrogens (tertiary/aromatic N) is 1. The molecule has 0 saturated carbocycles. The lowest BCUT2D eigenvalue weighted by Gasteiger charge is -2.20. The van der Waals surface area contributed by atoms with Crippen molar-refractivity contribution < 1.29 is 22.7 Å². The first-order valence-corrected chi connectivity index (χ1v) is 11.9. The molecule has 7 nitrogen and oxygen atoms in total. The van der Waals surface area contributed by atoms with Gasteiger partial charge < -0.3 is 14.8 Å². The molecule has 1 fully saturated rings.